The number of pyridine rings is 1. The van der Waals surface area contributed by atoms with Gasteiger partial charge in [0.05, 0.1) is 31.5 Å². The van der Waals surface area contributed by atoms with E-state index in [0.717, 1.165) is 10.6 Å². The number of hydrogen-bond acceptors (Lipinski definition) is 6. The van der Waals surface area contributed by atoms with E-state index >= 15 is 0 Å². The molecule has 0 fully saturated rings. The molecule has 0 spiro atoms. The largest absolute Gasteiger partial charge is 0.467 e. The van der Waals surface area contributed by atoms with Gasteiger partial charge in [0.15, 0.2) is 0 Å². The zero-order chi connectivity index (χ0) is 18.4. The Bertz CT molecular complexity index is 831. The van der Waals surface area contributed by atoms with E-state index in [-0.39, 0.29) is 12.5 Å². The van der Waals surface area contributed by atoms with E-state index in [1.165, 1.54) is 6.20 Å². The van der Waals surface area contributed by atoms with Crippen LogP contribution in [0.5, 0.6) is 0 Å². The Balaban J connectivity index is 1.70. The number of nitrogens with zero attached hydrogens (tertiary/aromatic N) is 4. The average molecular weight is 366 g/mol. The van der Waals surface area contributed by atoms with Crippen LogP contribution < -0.4 is 4.90 Å². The van der Waals surface area contributed by atoms with Gasteiger partial charge in [-0.1, -0.05) is 6.07 Å². The van der Waals surface area contributed by atoms with Crippen molar-refractivity contribution in [3.05, 3.63) is 70.4 Å². The predicted octanol–water partition coefficient (Wildman–Crippen LogP) is 3.27. The summed E-state index contributed by atoms with van der Waals surface area (Å²) in [4.78, 5) is 21.8. The Hall–Kier alpha value is -3.11. The van der Waals surface area contributed by atoms with Gasteiger partial charge >= 0.3 is 0 Å². The van der Waals surface area contributed by atoms with Crippen LogP contribution >= 0.6 is 11.3 Å². The molecule has 0 aliphatic carbocycles. The van der Waals surface area contributed by atoms with Gasteiger partial charge in [0.2, 0.25) is 5.91 Å². The number of nitriles is 1. The third kappa shape index (κ3) is 4.49. The molecule has 7 heteroatoms. The lowest BCUT2D eigenvalue weighted by Crippen LogP contribution is -2.38. The highest BCUT2D eigenvalue weighted by Gasteiger charge is 2.19. The smallest absolute Gasteiger partial charge is 0.242 e. The highest BCUT2D eigenvalue weighted by atomic mass is 32.1. The summed E-state index contributed by atoms with van der Waals surface area (Å²) in [6, 6.07) is 13.1. The highest BCUT2D eigenvalue weighted by Crippen LogP contribution is 2.16. The molecule has 3 aromatic rings. The number of furan rings is 1. The minimum Gasteiger partial charge on any atom is -0.467 e. The fraction of sp³-hybridized carbons (Fsp3) is 0.211. The molecule has 3 heterocycles. The van der Waals surface area contributed by atoms with Crippen molar-refractivity contribution in [1.29, 1.82) is 5.26 Å². The highest BCUT2D eigenvalue weighted by molar-refractivity contribution is 7.09. The average Bonchev–Trinajstić information content (AvgIpc) is 3.35. The molecule has 0 aliphatic heterocycles. The molecular formula is C19H18N4O2S. The molecule has 0 aromatic carbocycles. The quantitative estimate of drug-likeness (QED) is 0.642. The number of carbonyl (C=O) groups is 1. The summed E-state index contributed by atoms with van der Waals surface area (Å²) < 4.78 is 5.40. The van der Waals surface area contributed by atoms with Crippen molar-refractivity contribution in [2.45, 2.75) is 13.1 Å². The van der Waals surface area contributed by atoms with E-state index in [1.807, 2.05) is 42.8 Å². The summed E-state index contributed by atoms with van der Waals surface area (Å²) in [6.45, 7) is 1.13. The van der Waals surface area contributed by atoms with E-state index in [1.54, 1.807) is 39.5 Å². The summed E-state index contributed by atoms with van der Waals surface area (Å²) in [7, 11) is 1.81. The molecular weight excluding hydrogens is 348 g/mol. The predicted molar refractivity (Wildman–Crippen MR) is 99.5 cm³/mol. The molecule has 3 rings (SSSR count). The lowest BCUT2D eigenvalue weighted by atomic mass is 10.3. The Labute approximate surface area is 155 Å². The Morgan fingerprint density at radius 3 is 2.77 bits per heavy atom. The fourth-order valence-corrected chi connectivity index (χ4v) is 3.19. The fourth-order valence-electron chi connectivity index (χ4n) is 2.48. The molecule has 0 bridgehead atoms. The first-order chi connectivity index (χ1) is 12.7. The maximum Gasteiger partial charge on any atom is 0.242 e. The topological polar surface area (TPSA) is 73.4 Å². The van der Waals surface area contributed by atoms with E-state index < -0.39 is 0 Å². The van der Waals surface area contributed by atoms with Crippen LogP contribution in [0.2, 0.25) is 0 Å². The van der Waals surface area contributed by atoms with Crippen molar-refractivity contribution in [2.24, 2.45) is 0 Å². The second kappa shape index (κ2) is 8.32. The summed E-state index contributed by atoms with van der Waals surface area (Å²) >= 11 is 1.62. The Morgan fingerprint density at radius 2 is 2.15 bits per heavy atom. The summed E-state index contributed by atoms with van der Waals surface area (Å²) in [5.74, 6) is 1.36. The molecule has 0 unspecified atom stereocenters. The van der Waals surface area contributed by atoms with Gasteiger partial charge in [-0.2, -0.15) is 5.26 Å². The zero-order valence-electron chi connectivity index (χ0n) is 14.3. The molecule has 26 heavy (non-hydrogen) atoms. The summed E-state index contributed by atoms with van der Waals surface area (Å²) in [5.41, 5.74) is 0.491. The molecule has 132 valence electrons. The standard InChI is InChI=1S/C19H18N4O2S/c1-22(18-7-6-15(10-20)11-21-18)14-19(24)23(12-16-4-2-8-25-16)13-17-5-3-9-26-17/h2-9,11H,12-14H2,1H3. The van der Waals surface area contributed by atoms with Crippen molar-refractivity contribution < 1.29 is 9.21 Å². The first-order valence-corrected chi connectivity index (χ1v) is 8.93. The van der Waals surface area contributed by atoms with Gasteiger partial charge in [-0.05, 0) is 35.7 Å². The van der Waals surface area contributed by atoms with Crippen molar-refractivity contribution in [2.75, 3.05) is 18.5 Å². The maximum absolute atomic E-state index is 12.9. The lowest BCUT2D eigenvalue weighted by Gasteiger charge is -2.25. The minimum atomic E-state index is -0.0246. The number of likely N-dealkylation sites (N-methyl/N-ethyl adjacent to an activating group) is 1. The summed E-state index contributed by atoms with van der Waals surface area (Å²) in [5, 5.41) is 10.9. The van der Waals surface area contributed by atoms with Crippen molar-refractivity contribution >= 4 is 23.1 Å². The molecule has 0 aliphatic rings. The molecule has 1 amide bonds. The summed E-state index contributed by atoms with van der Waals surface area (Å²) in [6.07, 6.45) is 3.11. The molecule has 3 aromatic heterocycles. The van der Waals surface area contributed by atoms with Crippen molar-refractivity contribution in [3.8, 4) is 6.07 Å². The van der Waals surface area contributed by atoms with Gasteiger partial charge in [-0.25, -0.2) is 4.98 Å². The van der Waals surface area contributed by atoms with Crippen LogP contribution in [0.4, 0.5) is 5.82 Å². The van der Waals surface area contributed by atoms with E-state index in [9.17, 15) is 4.79 Å². The van der Waals surface area contributed by atoms with Gasteiger partial charge in [0, 0.05) is 18.1 Å². The normalized spacial score (nSPS) is 10.3. The SMILES string of the molecule is CN(CC(=O)N(Cc1ccco1)Cc1cccs1)c1ccc(C#N)cn1. The number of carbonyl (C=O) groups excluding carboxylic acids is 1. The first kappa shape index (κ1) is 17.7. The molecule has 0 N–H and O–H groups in total. The van der Waals surface area contributed by atoms with Gasteiger partial charge in [0.1, 0.15) is 17.6 Å². The zero-order valence-corrected chi connectivity index (χ0v) is 15.1. The number of hydrogen-bond donors (Lipinski definition) is 0. The third-order valence-electron chi connectivity index (χ3n) is 3.85. The van der Waals surface area contributed by atoms with Crippen molar-refractivity contribution in [3.63, 3.8) is 0 Å². The maximum atomic E-state index is 12.9. The van der Waals surface area contributed by atoms with Crippen LogP contribution in [0, 0.1) is 11.3 Å². The van der Waals surface area contributed by atoms with Gasteiger partial charge < -0.3 is 14.2 Å². The van der Waals surface area contributed by atoms with Gasteiger partial charge in [-0.3, -0.25) is 4.79 Å². The molecule has 6 nitrogen and oxygen atoms in total. The number of anilines is 1. The van der Waals surface area contributed by atoms with Crippen LogP contribution in [0.1, 0.15) is 16.2 Å². The van der Waals surface area contributed by atoms with Gasteiger partial charge in [-0.15, -0.1) is 11.3 Å². The Kier molecular flexibility index (Phi) is 5.66. The molecule has 0 saturated heterocycles. The second-order valence-corrected chi connectivity index (χ2v) is 6.81. The van der Waals surface area contributed by atoms with Crippen LogP contribution in [0.25, 0.3) is 0 Å². The Morgan fingerprint density at radius 1 is 1.27 bits per heavy atom. The molecule has 0 saturated carbocycles. The van der Waals surface area contributed by atoms with Crippen LogP contribution in [-0.4, -0.2) is 29.4 Å². The lowest BCUT2D eigenvalue weighted by molar-refractivity contribution is -0.131. The monoisotopic (exact) mass is 366 g/mol. The third-order valence-corrected chi connectivity index (χ3v) is 4.71. The van der Waals surface area contributed by atoms with E-state index in [2.05, 4.69) is 4.98 Å². The van der Waals surface area contributed by atoms with E-state index in [0.29, 0.717) is 24.5 Å². The number of thiophene rings is 1. The second-order valence-electron chi connectivity index (χ2n) is 5.78. The van der Waals surface area contributed by atoms with E-state index in [4.69, 9.17) is 9.68 Å². The van der Waals surface area contributed by atoms with Crippen LogP contribution in [0.3, 0.4) is 0 Å². The number of amides is 1. The van der Waals surface area contributed by atoms with Gasteiger partial charge in [0.25, 0.3) is 0 Å². The number of aromatic nitrogens is 1. The first-order valence-electron chi connectivity index (χ1n) is 8.05. The molecule has 0 radical (unpaired) electrons. The van der Waals surface area contributed by atoms with Crippen LogP contribution in [0.15, 0.2) is 58.7 Å². The molecule has 0 atom stereocenters. The number of rotatable bonds is 7. The van der Waals surface area contributed by atoms with Crippen molar-refractivity contribution in [1.82, 2.24) is 9.88 Å². The minimum absolute atomic E-state index is 0.0246. The van der Waals surface area contributed by atoms with Crippen LogP contribution in [-0.2, 0) is 17.9 Å².